The maximum atomic E-state index is 12.8. The Morgan fingerprint density at radius 3 is 2.86 bits per heavy atom. The van der Waals surface area contributed by atoms with Gasteiger partial charge in [0.05, 0.1) is 12.1 Å². The maximum absolute atomic E-state index is 12.8. The number of hydrogen-bond acceptors (Lipinski definition) is 6. The number of fused-ring (bicyclic) bond motifs is 2. The summed E-state index contributed by atoms with van der Waals surface area (Å²) in [7, 11) is 0. The Hall–Kier alpha value is -2.87. The molecular formula is C20H21N3O5. The predicted molar refractivity (Wildman–Crippen MR) is 98.9 cm³/mol. The zero-order chi connectivity index (χ0) is 19.1. The van der Waals surface area contributed by atoms with Gasteiger partial charge in [-0.1, -0.05) is 12.1 Å². The van der Waals surface area contributed by atoms with Gasteiger partial charge in [-0.3, -0.25) is 9.36 Å². The van der Waals surface area contributed by atoms with Crippen LogP contribution in [0.15, 0.2) is 37.9 Å². The number of ether oxygens (including phenoxy) is 1. The van der Waals surface area contributed by atoms with Gasteiger partial charge in [-0.05, 0) is 25.0 Å². The van der Waals surface area contributed by atoms with Crippen molar-refractivity contribution >= 4 is 17.0 Å². The molecule has 0 bridgehead atoms. The standard InChI is InChI=1S/C20H21N3O5/c24-18(12-23-15-3-1-2-4-17(15)28-20(23)25)22-8-5-16-14(11-22)21-19(27-16)13-6-9-26-10-7-13/h1-4,13H,5-12H2. The van der Waals surface area contributed by atoms with Crippen molar-refractivity contribution in [2.45, 2.75) is 38.3 Å². The van der Waals surface area contributed by atoms with Gasteiger partial charge in [-0.25, -0.2) is 9.78 Å². The Kier molecular flexibility index (Phi) is 4.27. The number of aromatic nitrogens is 2. The van der Waals surface area contributed by atoms with Crippen LogP contribution < -0.4 is 5.76 Å². The molecule has 2 aliphatic heterocycles. The highest BCUT2D eigenvalue weighted by atomic mass is 16.5. The molecule has 8 nitrogen and oxygen atoms in total. The van der Waals surface area contributed by atoms with E-state index in [4.69, 9.17) is 13.6 Å². The quantitative estimate of drug-likeness (QED) is 0.688. The second kappa shape index (κ2) is 6.94. The van der Waals surface area contributed by atoms with Crippen molar-refractivity contribution in [1.82, 2.24) is 14.5 Å². The number of para-hydroxylation sites is 2. The molecule has 8 heteroatoms. The number of amides is 1. The molecule has 1 amide bonds. The third-order valence-corrected chi connectivity index (χ3v) is 5.53. The summed E-state index contributed by atoms with van der Waals surface area (Å²) in [5.74, 6) is 1.28. The summed E-state index contributed by atoms with van der Waals surface area (Å²) in [5, 5.41) is 0. The molecule has 3 aromatic rings. The van der Waals surface area contributed by atoms with Gasteiger partial charge in [0.25, 0.3) is 0 Å². The lowest BCUT2D eigenvalue weighted by atomic mass is 10.0. The van der Waals surface area contributed by atoms with Gasteiger partial charge in [-0.15, -0.1) is 0 Å². The minimum atomic E-state index is -0.518. The van der Waals surface area contributed by atoms with Crippen LogP contribution in [0.25, 0.3) is 11.1 Å². The summed E-state index contributed by atoms with van der Waals surface area (Å²) in [6.07, 6.45) is 2.47. The van der Waals surface area contributed by atoms with E-state index < -0.39 is 5.76 Å². The van der Waals surface area contributed by atoms with E-state index in [0.717, 1.165) is 43.4 Å². The van der Waals surface area contributed by atoms with Crippen molar-refractivity contribution in [3.63, 3.8) is 0 Å². The maximum Gasteiger partial charge on any atom is 0.420 e. The van der Waals surface area contributed by atoms with Gasteiger partial charge in [0.15, 0.2) is 11.5 Å². The largest absolute Gasteiger partial charge is 0.445 e. The van der Waals surface area contributed by atoms with Crippen molar-refractivity contribution in [3.05, 3.63) is 52.2 Å². The minimum Gasteiger partial charge on any atom is -0.445 e. The highest BCUT2D eigenvalue weighted by Gasteiger charge is 2.29. The second-order valence-corrected chi connectivity index (χ2v) is 7.30. The van der Waals surface area contributed by atoms with E-state index in [2.05, 4.69) is 4.98 Å². The van der Waals surface area contributed by atoms with Gasteiger partial charge in [0, 0.05) is 32.1 Å². The molecule has 28 heavy (non-hydrogen) atoms. The molecule has 0 atom stereocenters. The summed E-state index contributed by atoms with van der Waals surface area (Å²) in [4.78, 5) is 31.3. The molecule has 0 radical (unpaired) electrons. The Morgan fingerprint density at radius 1 is 1.18 bits per heavy atom. The van der Waals surface area contributed by atoms with E-state index in [1.54, 1.807) is 23.1 Å². The van der Waals surface area contributed by atoms with Crippen LogP contribution in [-0.2, 0) is 29.0 Å². The molecule has 2 aliphatic rings. The van der Waals surface area contributed by atoms with Gasteiger partial charge in [0.2, 0.25) is 5.91 Å². The van der Waals surface area contributed by atoms with Crippen LogP contribution in [0.1, 0.15) is 36.1 Å². The van der Waals surface area contributed by atoms with E-state index in [9.17, 15) is 9.59 Å². The number of oxazole rings is 2. The summed E-state index contributed by atoms with van der Waals surface area (Å²) in [6.45, 7) is 2.38. The molecule has 2 aromatic heterocycles. The summed E-state index contributed by atoms with van der Waals surface area (Å²) in [6, 6.07) is 7.11. The van der Waals surface area contributed by atoms with Crippen molar-refractivity contribution in [3.8, 4) is 0 Å². The summed E-state index contributed by atoms with van der Waals surface area (Å²) < 4.78 is 18.0. The molecule has 0 saturated carbocycles. The van der Waals surface area contributed by atoms with Crippen molar-refractivity contribution in [2.24, 2.45) is 0 Å². The van der Waals surface area contributed by atoms with Crippen LogP contribution in [0.2, 0.25) is 0 Å². The zero-order valence-corrected chi connectivity index (χ0v) is 15.4. The van der Waals surface area contributed by atoms with Crippen LogP contribution in [0.4, 0.5) is 0 Å². The molecule has 0 aliphatic carbocycles. The Labute approximate surface area is 160 Å². The van der Waals surface area contributed by atoms with Crippen molar-refractivity contribution in [1.29, 1.82) is 0 Å². The third kappa shape index (κ3) is 3.03. The Morgan fingerprint density at radius 2 is 2.00 bits per heavy atom. The number of nitrogens with zero attached hydrogens (tertiary/aromatic N) is 3. The number of carbonyl (C=O) groups excluding carboxylic acids is 1. The second-order valence-electron chi connectivity index (χ2n) is 7.30. The van der Waals surface area contributed by atoms with E-state index in [0.29, 0.717) is 36.5 Å². The van der Waals surface area contributed by atoms with E-state index in [-0.39, 0.29) is 12.5 Å². The summed E-state index contributed by atoms with van der Waals surface area (Å²) in [5.41, 5.74) is 1.94. The predicted octanol–water partition coefficient (Wildman–Crippen LogP) is 2.06. The molecule has 0 spiro atoms. The number of hydrogen-bond donors (Lipinski definition) is 0. The average molecular weight is 383 g/mol. The Balaban J connectivity index is 1.33. The number of carbonyl (C=O) groups is 1. The SMILES string of the molecule is O=C(Cn1c(=O)oc2ccccc21)N1CCc2oc(C3CCOCC3)nc2C1. The van der Waals surface area contributed by atoms with Crippen LogP contribution in [-0.4, -0.2) is 40.1 Å². The fraction of sp³-hybridized carbons (Fsp3) is 0.450. The van der Waals surface area contributed by atoms with Crippen molar-refractivity contribution in [2.75, 3.05) is 19.8 Å². The minimum absolute atomic E-state index is 0.0458. The van der Waals surface area contributed by atoms with Gasteiger partial charge >= 0.3 is 5.76 Å². The molecule has 0 N–H and O–H groups in total. The zero-order valence-electron chi connectivity index (χ0n) is 15.4. The first kappa shape index (κ1) is 17.2. The van der Waals surface area contributed by atoms with Crippen molar-refractivity contribution < 1.29 is 18.4 Å². The molecule has 5 rings (SSSR count). The normalized spacial score (nSPS) is 17.8. The molecule has 1 saturated heterocycles. The lowest BCUT2D eigenvalue weighted by molar-refractivity contribution is -0.132. The van der Waals surface area contributed by atoms with Crippen LogP contribution in [0, 0.1) is 0 Å². The van der Waals surface area contributed by atoms with Crippen LogP contribution >= 0.6 is 0 Å². The fourth-order valence-electron chi connectivity index (χ4n) is 3.95. The average Bonchev–Trinajstić information content (AvgIpc) is 3.29. The molecular weight excluding hydrogens is 362 g/mol. The number of rotatable bonds is 3. The lowest BCUT2D eigenvalue weighted by Gasteiger charge is -2.25. The monoisotopic (exact) mass is 383 g/mol. The highest BCUT2D eigenvalue weighted by molar-refractivity contribution is 5.79. The lowest BCUT2D eigenvalue weighted by Crippen LogP contribution is -2.39. The third-order valence-electron chi connectivity index (χ3n) is 5.53. The molecule has 0 unspecified atom stereocenters. The first-order valence-corrected chi connectivity index (χ1v) is 9.61. The van der Waals surface area contributed by atoms with Crippen LogP contribution in [0.3, 0.4) is 0 Å². The number of benzene rings is 1. The van der Waals surface area contributed by atoms with Gasteiger partial charge in [-0.2, -0.15) is 0 Å². The highest BCUT2D eigenvalue weighted by Crippen LogP contribution is 2.30. The van der Waals surface area contributed by atoms with Gasteiger partial charge in [0.1, 0.15) is 18.0 Å². The molecule has 146 valence electrons. The van der Waals surface area contributed by atoms with Gasteiger partial charge < -0.3 is 18.5 Å². The molecule has 1 fully saturated rings. The van der Waals surface area contributed by atoms with E-state index in [1.165, 1.54) is 4.57 Å². The topological polar surface area (TPSA) is 90.7 Å². The van der Waals surface area contributed by atoms with E-state index >= 15 is 0 Å². The summed E-state index contributed by atoms with van der Waals surface area (Å²) >= 11 is 0. The fourth-order valence-corrected chi connectivity index (χ4v) is 3.95. The first-order valence-electron chi connectivity index (χ1n) is 9.61. The molecule has 1 aromatic carbocycles. The molecule has 4 heterocycles. The smallest absolute Gasteiger partial charge is 0.420 e. The van der Waals surface area contributed by atoms with E-state index in [1.807, 2.05) is 6.07 Å². The van der Waals surface area contributed by atoms with Crippen LogP contribution in [0.5, 0.6) is 0 Å². The first-order chi connectivity index (χ1) is 13.7. The Bertz CT molecular complexity index is 1070.